The van der Waals surface area contributed by atoms with Gasteiger partial charge in [0.2, 0.25) is 0 Å². The molecule has 19 nitrogen and oxygen atoms in total. The summed E-state index contributed by atoms with van der Waals surface area (Å²) in [7, 11) is 9.96. The van der Waals surface area contributed by atoms with Crippen LogP contribution in [-0.4, -0.2) is 79.0 Å². The molecule has 0 fully saturated rings. The highest BCUT2D eigenvalue weighted by Gasteiger charge is 2.14. The first-order valence-corrected chi connectivity index (χ1v) is 27.0. The van der Waals surface area contributed by atoms with Crippen LogP contribution in [0.25, 0.3) is 99.2 Å². The normalized spacial score (nSPS) is 11.1. The number of aryl methyl sites for hydroxylation is 5. The van der Waals surface area contributed by atoms with Crippen molar-refractivity contribution in [2.45, 2.75) is 13.1 Å². The zero-order valence-electron chi connectivity index (χ0n) is 46.8. The van der Waals surface area contributed by atoms with Crippen molar-refractivity contribution < 1.29 is 4.79 Å². The van der Waals surface area contributed by atoms with E-state index in [1.807, 2.05) is 68.7 Å². The maximum Gasteiger partial charge on any atom is 0.169 e. The Morgan fingerprint density at radius 1 is 0.488 bits per heavy atom. The number of H-pyrrole nitrogens is 1. The van der Waals surface area contributed by atoms with E-state index in [4.69, 9.17) is 5.73 Å². The molecule has 0 radical (unpaired) electrons. The predicted molar refractivity (Wildman–Crippen MR) is 334 cm³/mol. The van der Waals surface area contributed by atoms with Crippen LogP contribution in [0.1, 0.15) is 21.9 Å². The molecular weight excluding hydrogens is 1050 g/mol. The summed E-state index contributed by atoms with van der Waals surface area (Å²) in [6.45, 7) is 1.32. The van der Waals surface area contributed by atoms with Gasteiger partial charge in [0.05, 0.1) is 76.6 Å². The quantitative estimate of drug-likeness (QED) is 0.0740. The van der Waals surface area contributed by atoms with Gasteiger partial charge in [0, 0.05) is 160 Å². The van der Waals surface area contributed by atoms with Gasteiger partial charge in [0.1, 0.15) is 5.69 Å². The fourth-order valence-corrected chi connectivity index (χ4v) is 10.2. The SMILES string of the molecule is Cn1ccc2ccc(-c3cc(N)cc4nccnc34)cc21.Cn1ccc2ccc(-c3cc(NCc4cnc[nH]4)cc4nccnc34)cc21.Cn1cnc(C=O)c1.Cn1cnc(CNc2cc(-c3ccc4ccn(C)c4c3)c3nccnc3c2)c1. The van der Waals surface area contributed by atoms with Crippen LogP contribution in [0.5, 0.6) is 0 Å². The van der Waals surface area contributed by atoms with Gasteiger partial charge in [0.15, 0.2) is 6.29 Å². The molecule has 0 bridgehead atoms. The molecular formula is C65H58N18O. The number of imidazole rings is 3. The molecule has 0 saturated carbocycles. The van der Waals surface area contributed by atoms with E-state index < -0.39 is 0 Å². The molecule has 9 aromatic heterocycles. The van der Waals surface area contributed by atoms with Crippen molar-refractivity contribution in [1.29, 1.82) is 0 Å². The Bertz CT molecular complexity index is 4810. The number of carbonyl (C=O) groups is 1. The molecule has 0 atom stereocenters. The minimum absolute atomic E-state index is 0.479. The average Bonchev–Trinajstić information content (AvgIpc) is 4.62. The number of hydrogen-bond donors (Lipinski definition) is 4. The lowest BCUT2D eigenvalue weighted by Crippen LogP contribution is -2.01. The summed E-state index contributed by atoms with van der Waals surface area (Å²) < 4.78 is 10.1. The van der Waals surface area contributed by atoms with Gasteiger partial charge >= 0.3 is 0 Å². The molecule has 19 heteroatoms. The van der Waals surface area contributed by atoms with E-state index in [1.54, 1.807) is 60.6 Å². The molecule has 0 aliphatic heterocycles. The summed E-state index contributed by atoms with van der Waals surface area (Å²) in [5.74, 6) is 0. The highest BCUT2D eigenvalue weighted by Crippen LogP contribution is 2.35. The van der Waals surface area contributed by atoms with Crippen LogP contribution in [0.4, 0.5) is 17.1 Å². The Balaban J connectivity index is 0.000000117. The lowest BCUT2D eigenvalue weighted by Gasteiger charge is -2.11. The minimum Gasteiger partial charge on any atom is -0.399 e. The second-order valence-electron chi connectivity index (χ2n) is 20.4. The number of nitrogens with zero attached hydrogens (tertiary/aromatic N) is 14. The van der Waals surface area contributed by atoms with E-state index in [1.165, 1.54) is 32.7 Å². The Hall–Kier alpha value is -11.3. The molecule has 0 aliphatic rings. The van der Waals surface area contributed by atoms with Crippen molar-refractivity contribution in [3.8, 4) is 33.4 Å². The van der Waals surface area contributed by atoms with Crippen molar-refractivity contribution in [2.75, 3.05) is 16.4 Å². The molecule has 84 heavy (non-hydrogen) atoms. The van der Waals surface area contributed by atoms with E-state index in [2.05, 4.69) is 192 Å². The third-order valence-corrected chi connectivity index (χ3v) is 14.5. The molecule has 9 heterocycles. The molecule has 414 valence electrons. The summed E-state index contributed by atoms with van der Waals surface area (Å²) in [5.41, 5.74) is 26.5. The van der Waals surface area contributed by atoms with Crippen LogP contribution in [0, 0.1) is 0 Å². The summed E-state index contributed by atoms with van der Waals surface area (Å²) >= 11 is 0. The summed E-state index contributed by atoms with van der Waals surface area (Å²) in [6, 6.07) is 37.9. The fraction of sp³-hybridized carbons (Fsp3) is 0.108. The summed E-state index contributed by atoms with van der Waals surface area (Å²) in [6.07, 6.45) is 27.9. The van der Waals surface area contributed by atoms with Gasteiger partial charge in [-0.2, -0.15) is 0 Å². The van der Waals surface area contributed by atoms with Gasteiger partial charge in [0.25, 0.3) is 0 Å². The number of nitrogen functional groups attached to an aromatic ring is 1. The van der Waals surface area contributed by atoms with Crippen molar-refractivity contribution in [1.82, 2.24) is 72.7 Å². The standard InChI is InChI=1S/C22H20N6.C21H18N6.C17H14N4.C5H6N2O/c1-27-13-18(26-14-27)12-25-17-10-19(22-20(11-17)23-6-7-24-22)16-4-3-15-5-8-28(2)21(15)9-16;1-27-7-4-14-2-3-15(8-20(14)27)18-9-16(25-12-17-11-22-13-26-17)10-19-21(18)24-6-5-23-19;1-21-7-4-11-2-3-12(8-16(11)21)14-9-13(18)10-15-17(14)20-6-5-19-15;1-7-2-5(3-8)6-4-7/h3-11,13-14,25H,12H2,1-2H3;2-11,13,25H,12H2,1H3,(H,22,26);2-10H,18H2,1H3;2-4H,1H3. The number of hydrogen-bond acceptors (Lipinski definition) is 13. The van der Waals surface area contributed by atoms with Crippen molar-refractivity contribution in [3.05, 3.63) is 220 Å². The number of aldehydes is 1. The number of nitrogens with one attached hydrogen (secondary N) is 3. The highest BCUT2D eigenvalue weighted by molar-refractivity contribution is 5.99. The molecule has 5 N–H and O–H groups in total. The van der Waals surface area contributed by atoms with Crippen LogP contribution in [0.3, 0.4) is 0 Å². The zero-order valence-corrected chi connectivity index (χ0v) is 46.8. The second-order valence-corrected chi connectivity index (χ2v) is 20.4. The van der Waals surface area contributed by atoms with Crippen LogP contribution < -0.4 is 16.4 Å². The molecule has 0 aliphatic carbocycles. The molecule has 0 amide bonds. The molecule has 15 aromatic rings. The molecule has 15 rings (SSSR count). The number of fused-ring (bicyclic) bond motifs is 6. The number of anilines is 3. The predicted octanol–water partition coefficient (Wildman–Crippen LogP) is 11.9. The smallest absolute Gasteiger partial charge is 0.169 e. The third-order valence-electron chi connectivity index (χ3n) is 14.5. The van der Waals surface area contributed by atoms with Crippen molar-refractivity contribution in [3.63, 3.8) is 0 Å². The summed E-state index contributed by atoms with van der Waals surface area (Å²) in [4.78, 5) is 52.3. The van der Waals surface area contributed by atoms with Gasteiger partial charge in [-0.15, -0.1) is 0 Å². The number of carbonyl (C=O) groups excluding carboxylic acids is 1. The highest BCUT2D eigenvalue weighted by atomic mass is 16.1. The van der Waals surface area contributed by atoms with Gasteiger partial charge in [-0.3, -0.25) is 34.7 Å². The lowest BCUT2D eigenvalue weighted by atomic mass is 10.0. The largest absolute Gasteiger partial charge is 0.399 e. The fourth-order valence-electron chi connectivity index (χ4n) is 10.2. The number of rotatable bonds is 10. The van der Waals surface area contributed by atoms with Gasteiger partial charge in [-0.1, -0.05) is 36.4 Å². The summed E-state index contributed by atoms with van der Waals surface area (Å²) in [5, 5.41) is 10.6. The van der Waals surface area contributed by atoms with E-state index in [9.17, 15) is 4.79 Å². The number of nitrogens with two attached hydrogens (primary N) is 1. The van der Waals surface area contributed by atoms with E-state index >= 15 is 0 Å². The van der Waals surface area contributed by atoms with Crippen LogP contribution in [-0.2, 0) is 48.3 Å². The van der Waals surface area contributed by atoms with Crippen molar-refractivity contribution in [2.24, 2.45) is 35.2 Å². The van der Waals surface area contributed by atoms with Gasteiger partial charge in [-0.25, -0.2) is 15.0 Å². The van der Waals surface area contributed by atoms with Crippen LogP contribution in [0.15, 0.2) is 203 Å². The molecule has 0 spiro atoms. The number of benzene rings is 6. The van der Waals surface area contributed by atoms with Crippen LogP contribution in [0.2, 0.25) is 0 Å². The second kappa shape index (κ2) is 23.4. The Kier molecular flexibility index (Phi) is 14.8. The average molecular weight is 1110 g/mol. The Labute approximate surface area is 482 Å². The monoisotopic (exact) mass is 1110 g/mol. The van der Waals surface area contributed by atoms with Gasteiger partial charge in [-0.05, 0) is 106 Å². The van der Waals surface area contributed by atoms with E-state index in [0.29, 0.717) is 24.5 Å². The lowest BCUT2D eigenvalue weighted by molar-refractivity contribution is 0.111. The molecule has 0 unspecified atom stereocenters. The maximum atomic E-state index is 9.94. The molecule has 0 saturated heterocycles. The first-order valence-electron chi connectivity index (χ1n) is 27.0. The minimum atomic E-state index is 0.479. The first kappa shape index (κ1) is 53.3. The van der Waals surface area contributed by atoms with Crippen LogP contribution >= 0.6 is 0 Å². The third kappa shape index (κ3) is 11.5. The number of aromatic nitrogens is 15. The van der Waals surface area contributed by atoms with Crippen molar-refractivity contribution >= 4 is 89.2 Å². The molecule has 6 aromatic carbocycles. The van der Waals surface area contributed by atoms with Gasteiger partial charge < -0.3 is 44.2 Å². The Morgan fingerprint density at radius 2 is 0.940 bits per heavy atom. The van der Waals surface area contributed by atoms with E-state index in [0.717, 1.165) is 95.5 Å². The topological polar surface area (TPSA) is 224 Å². The number of aromatic amines is 1. The Morgan fingerprint density at radius 3 is 1.37 bits per heavy atom. The van der Waals surface area contributed by atoms with E-state index in [-0.39, 0.29) is 0 Å². The maximum absolute atomic E-state index is 9.94. The zero-order chi connectivity index (χ0) is 57.7. The first-order chi connectivity index (χ1) is 41.0.